The molecule has 0 aliphatic carbocycles. The van der Waals surface area contributed by atoms with Crippen LogP contribution >= 0.6 is 0 Å². The number of alkyl carbamates (subject to hydrolysis) is 1. The first kappa shape index (κ1) is 19.6. The normalized spacial score (nSPS) is 10.7. The first-order valence-electron chi connectivity index (χ1n) is 7.69. The van der Waals surface area contributed by atoms with Gasteiger partial charge in [0.05, 0.1) is 14.2 Å². The van der Waals surface area contributed by atoms with Gasteiger partial charge in [-0.2, -0.15) is 0 Å². The van der Waals surface area contributed by atoms with Crippen LogP contribution in [0.25, 0.3) is 0 Å². The lowest BCUT2D eigenvalue weighted by atomic mass is 10.2. The maximum absolute atomic E-state index is 11.8. The predicted octanol–water partition coefficient (Wildman–Crippen LogP) is 2.23. The molecule has 2 amide bonds. The van der Waals surface area contributed by atoms with Crippen molar-refractivity contribution >= 4 is 12.0 Å². The van der Waals surface area contributed by atoms with Gasteiger partial charge < -0.3 is 24.8 Å². The Hall–Kier alpha value is -2.44. The lowest BCUT2D eigenvalue weighted by Crippen LogP contribution is -2.35. The highest BCUT2D eigenvalue weighted by Crippen LogP contribution is 2.27. The number of rotatable bonds is 7. The first-order chi connectivity index (χ1) is 11.2. The largest absolute Gasteiger partial charge is 0.493 e. The van der Waals surface area contributed by atoms with E-state index in [1.54, 1.807) is 47.1 Å². The van der Waals surface area contributed by atoms with E-state index < -0.39 is 11.7 Å². The van der Waals surface area contributed by atoms with Crippen molar-refractivity contribution < 1.29 is 23.8 Å². The molecule has 0 aliphatic heterocycles. The third-order valence-electron chi connectivity index (χ3n) is 2.96. The van der Waals surface area contributed by atoms with Crippen LogP contribution in [0.4, 0.5) is 4.79 Å². The van der Waals surface area contributed by atoms with E-state index in [9.17, 15) is 9.59 Å². The number of hydrogen-bond donors (Lipinski definition) is 2. The van der Waals surface area contributed by atoms with Crippen molar-refractivity contribution in [3.63, 3.8) is 0 Å². The lowest BCUT2D eigenvalue weighted by molar-refractivity contribution is -0.121. The second-order valence-corrected chi connectivity index (χ2v) is 6.14. The molecule has 0 saturated heterocycles. The van der Waals surface area contributed by atoms with Gasteiger partial charge in [-0.05, 0) is 38.5 Å². The van der Waals surface area contributed by atoms with E-state index in [2.05, 4.69) is 10.6 Å². The summed E-state index contributed by atoms with van der Waals surface area (Å²) in [6.07, 6.45) is -0.359. The maximum atomic E-state index is 11.8. The first-order valence-corrected chi connectivity index (χ1v) is 7.69. The van der Waals surface area contributed by atoms with Crippen LogP contribution in [0.1, 0.15) is 32.8 Å². The highest BCUT2D eigenvalue weighted by Gasteiger charge is 2.15. The monoisotopic (exact) mass is 338 g/mol. The third kappa shape index (κ3) is 7.21. The van der Waals surface area contributed by atoms with Crippen molar-refractivity contribution in [1.29, 1.82) is 0 Å². The summed E-state index contributed by atoms with van der Waals surface area (Å²) in [4.78, 5) is 23.3. The van der Waals surface area contributed by atoms with Crippen molar-refractivity contribution in [2.24, 2.45) is 0 Å². The molecule has 134 valence electrons. The summed E-state index contributed by atoms with van der Waals surface area (Å²) >= 11 is 0. The van der Waals surface area contributed by atoms with Crippen LogP contribution in [0.15, 0.2) is 18.2 Å². The highest BCUT2D eigenvalue weighted by molar-refractivity contribution is 5.77. The van der Waals surface area contributed by atoms with Gasteiger partial charge in [0.2, 0.25) is 5.91 Å². The van der Waals surface area contributed by atoms with E-state index in [0.717, 1.165) is 5.56 Å². The number of carbonyl (C=O) groups is 2. The quantitative estimate of drug-likeness (QED) is 0.796. The zero-order valence-corrected chi connectivity index (χ0v) is 14.9. The number of carbonyl (C=O) groups excluding carboxylic acids is 2. The standard InChI is InChI=1S/C17H26N2O5/c1-17(2,3)24-16(21)18-9-8-15(20)19-11-12-6-7-13(22-4)14(10-12)23-5/h6-7,10H,8-9,11H2,1-5H3,(H,18,21)(H,19,20). The van der Waals surface area contributed by atoms with Crippen LogP contribution in [0.5, 0.6) is 11.5 Å². The van der Waals surface area contributed by atoms with E-state index in [1.807, 2.05) is 6.07 Å². The fraction of sp³-hybridized carbons (Fsp3) is 0.529. The Bertz CT molecular complexity index is 567. The van der Waals surface area contributed by atoms with Gasteiger partial charge >= 0.3 is 6.09 Å². The summed E-state index contributed by atoms with van der Waals surface area (Å²) in [6.45, 7) is 5.92. The fourth-order valence-corrected chi connectivity index (χ4v) is 1.87. The van der Waals surface area contributed by atoms with Crippen molar-refractivity contribution in [2.75, 3.05) is 20.8 Å². The maximum Gasteiger partial charge on any atom is 0.407 e. The van der Waals surface area contributed by atoms with E-state index in [4.69, 9.17) is 14.2 Å². The van der Waals surface area contributed by atoms with Crippen molar-refractivity contribution in [3.8, 4) is 11.5 Å². The molecule has 1 aromatic carbocycles. The Morgan fingerprint density at radius 3 is 2.29 bits per heavy atom. The van der Waals surface area contributed by atoms with Crippen LogP contribution in [0.2, 0.25) is 0 Å². The molecule has 1 aromatic rings. The highest BCUT2D eigenvalue weighted by atomic mass is 16.6. The van der Waals surface area contributed by atoms with E-state index in [-0.39, 0.29) is 18.9 Å². The minimum atomic E-state index is -0.556. The van der Waals surface area contributed by atoms with Crippen LogP contribution in [-0.2, 0) is 16.1 Å². The fourth-order valence-electron chi connectivity index (χ4n) is 1.87. The minimum Gasteiger partial charge on any atom is -0.493 e. The Morgan fingerprint density at radius 2 is 1.71 bits per heavy atom. The van der Waals surface area contributed by atoms with Crippen LogP contribution in [-0.4, -0.2) is 38.4 Å². The molecule has 1 rings (SSSR count). The van der Waals surface area contributed by atoms with Crippen molar-refractivity contribution in [1.82, 2.24) is 10.6 Å². The summed E-state index contributed by atoms with van der Waals surface area (Å²) in [7, 11) is 3.12. The van der Waals surface area contributed by atoms with Gasteiger partial charge in [0, 0.05) is 19.5 Å². The minimum absolute atomic E-state index is 0.166. The van der Waals surface area contributed by atoms with E-state index in [0.29, 0.717) is 18.0 Å². The molecule has 0 radical (unpaired) electrons. The number of benzene rings is 1. The van der Waals surface area contributed by atoms with Crippen LogP contribution < -0.4 is 20.1 Å². The SMILES string of the molecule is COc1ccc(CNC(=O)CCNC(=O)OC(C)(C)C)cc1OC. The molecule has 7 heteroatoms. The third-order valence-corrected chi connectivity index (χ3v) is 2.96. The second-order valence-electron chi connectivity index (χ2n) is 6.14. The summed E-state index contributed by atoms with van der Waals surface area (Å²) in [5.41, 5.74) is 0.334. The second kappa shape index (κ2) is 9.00. The molecule has 0 aliphatic rings. The van der Waals surface area contributed by atoms with Crippen molar-refractivity contribution in [2.45, 2.75) is 39.3 Å². The molecule has 7 nitrogen and oxygen atoms in total. The number of hydrogen-bond acceptors (Lipinski definition) is 5. The van der Waals surface area contributed by atoms with Gasteiger partial charge in [-0.15, -0.1) is 0 Å². The summed E-state index contributed by atoms with van der Waals surface area (Å²) < 4.78 is 15.5. The van der Waals surface area contributed by atoms with Crippen LogP contribution in [0, 0.1) is 0 Å². The zero-order valence-electron chi connectivity index (χ0n) is 14.9. The average Bonchev–Trinajstić information content (AvgIpc) is 2.50. The molecule has 0 aromatic heterocycles. The molecule has 0 fully saturated rings. The molecule has 0 spiro atoms. The molecule has 0 heterocycles. The summed E-state index contributed by atoms with van der Waals surface area (Å²) in [5, 5.41) is 5.33. The van der Waals surface area contributed by atoms with Gasteiger partial charge in [0.15, 0.2) is 11.5 Å². The zero-order chi connectivity index (χ0) is 18.2. The van der Waals surface area contributed by atoms with Crippen LogP contribution in [0.3, 0.4) is 0 Å². The van der Waals surface area contributed by atoms with Gasteiger partial charge in [-0.1, -0.05) is 6.07 Å². The molecule has 2 N–H and O–H groups in total. The molecule has 0 saturated carbocycles. The molecule has 24 heavy (non-hydrogen) atoms. The Balaban J connectivity index is 2.35. The Kier molecular flexibility index (Phi) is 7.35. The van der Waals surface area contributed by atoms with E-state index in [1.165, 1.54) is 0 Å². The Labute approximate surface area is 142 Å². The Morgan fingerprint density at radius 1 is 1.04 bits per heavy atom. The molecule has 0 bridgehead atoms. The number of ether oxygens (including phenoxy) is 3. The van der Waals surface area contributed by atoms with Gasteiger partial charge in [0.25, 0.3) is 0 Å². The number of nitrogens with one attached hydrogen (secondary N) is 2. The molecule has 0 atom stereocenters. The molecular formula is C17H26N2O5. The average molecular weight is 338 g/mol. The summed E-state index contributed by atoms with van der Waals surface area (Å²) in [6, 6.07) is 5.43. The van der Waals surface area contributed by atoms with Gasteiger partial charge in [-0.3, -0.25) is 4.79 Å². The van der Waals surface area contributed by atoms with Crippen molar-refractivity contribution in [3.05, 3.63) is 23.8 Å². The number of amides is 2. The smallest absolute Gasteiger partial charge is 0.407 e. The van der Waals surface area contributed by atoms with E-state index >= 15 is 0 Å². The van der Waals surface area contributed by atoms with Gasteiger partial charge in [-0.25, -0.2) is 4.79 Å². The molecular weight excluding hydrogens is 312 g/mol. The predicted molar refractivity (Wildman–Crippen MR) is 90.2 cm³/mol. The lowest BCUT2D eigenvalue weighted by Gasteiger charge is -2.19. The topological polar surface area (TPSA) is 85.9 Å². The van der Waals surface area contributed by atoms with Gasteiger partial charge in [0.1, 0.15) is 5.60 Å². The number of methoxy groups -OCH3 is 2. The summed E-state index contributed by atoms with van der Waals surface area (Å²) in [5.74, 6) is 1.07. The molecule has 0 unspecified atom stereocenters.